The Morgan fingerprint density at radius 3 is 2.60 bits per heavy atom. The highest BCUT2D eigenvalue weighted by Crippen LogP contribution is 2.17. The first-order chi connectivity index (χ1) is 9.50. The maximum atomic E-state index is 12.1. The average molecular weight is 294 g/mol. The molecule has 110 valence electrons. The van der Waals surface area contributed by atoms with Crippen LogP contribution in [-0.2, 0) is 10.0 Å². The van der Waals surface area contributed by atoms with Crippen molar-refractivity contribution in [3.63, 3.8) is 0 Å². The standard InChI is InChI=1S/C15H22N2O2S/c1-3-17-11-13(2)15(12-17)16-20(18,19)10-9-14-7-5-4-6-8-14/h4-10,13,15-16H,3,11-12H2,1-2H3/b10-9+. The first-order valence-corrected chi connectivity index (χ1v) is 8.52. The average Bonchev–Trinajstić information content (AvgIpc) is 2.78. The van der Waals surface area contributed by atoms with Gasteiger partial charge in [0.25, 0.3) is 0 Å². The van der Waals surface area contributed by atoms with Crippen LogP contribution in [0.5, 0.6) is 0 Å². The van der Waals surface area contributed by atoms with Crippen molar-refractivity contribution in [1.82, 2.24) is 9.62 Å². The third-order valence-electron chi connectivity index (χ3n) is 3.69. The van der Waals surface area contributed by atoms with Crippen LogP contribution in [0.25, 0.3) is 6.08 Å². The van der Waals surface area contributed by atoms with Crippen molar-refractivity contribution in [2.24, 2.45) is 5.92 Å². The highest BCUT2D eigenvalue weighted by molar-refractivity contribution is 7.92. The molecule has 0 spiro atoms. The molecule has 1 aromatic rings. The van der Waals surface area contributed by atoms with E-state index in [0.29, 0.717) is 5.92 Å². The van der Waals surface area contributed by atoms with Crippen LogP contribution < -0.4 is 4.72 Å². The Kier molecular flexibility index (Phi) is 4.96. The Morgan fingerprint density at radius 2 is 2.00 bits per heavy atom. The van der Waals surface area contributed by atoms with E-state index in [1.54, 1.807) is 6.08 Å². The second kappa shape index (κ2) is 6.52. The molecule has 0 radical (unpaired) electrons. The van der Waals surface area contributed by atoms with Gasteiger partial charge < -0.3 is 4.90 Å². The molecule has 4 nitrogen and oxygen atoms in total. The second-order valence-corrected chi connectivity index (χ2v) is 6.91. The molecule has 1 saturated heterocycles. The van der Waals surface area contributed by atoms with Crippen LogP contribution >= 0.6 is 0 Å². The largest absolute Gasteiger partial charge is 0.302 e. The molecule has 1 N–H and O–H groups in total. The fourth-order valence-corrected chi connectivity index (χ4v) is 3.61. The summed E-state index contributed by atoms with van der Waals surface area (Å²) in [5.41, 5.74) is 0.882. The van der Waals surface area contributed by atoms with Gasteiger partial charge in [0.2, 0.25) is 10.0 Å². The van der Waals surface area contributed by atoms with Crippen LogP contribution in [0.15, 0.2) is 35.7 Å². The van der Waals surface area contributed by atoms with Crippen molar-refractivity contribution in [2.45, 2.75) is 19.9 Å². The zero-order chi connectivity index (χ0) is 14.6. The minimum Gasteiger partial charge on any atom is -0.302 e. The van der Waals surface area contributed by atoms with Crippen molar-refractivity contribution in [1.29, 1.82) is 0 Å². The summed E-state index contributed by atoms with van der Waals surface area (Å²) in [6.45, 7) is 6.88. The lowest BCUT2D eigenvalue weighted by Gasteiger charge is -2.15. The first-order valence-electron chi connectivity index (χ1n) is 6.98. The number of nitrogens with one attached hydrogen (secondary N) is 1. The Balaban J connectivity index is 2.00. The molecule has 2 rings (SSSR count). The molecular formula is C15H22N2O2S. The number of sulfonamides is 1. The van der Waals surface area contributed by atoms with Gasteiger partial charge in [-0.25, -0.2) is 13.1 Å². The predicted molar refractivity (Wildman–Crippen MR) is 82.6 cm³/mol. The summed E-state index contributed by atoms with van der Waals surface area (Å²) in [6, 6.07) is 9.44. The predicted octanol–water partition coefficient (Wildman–Crippen LogP) is 1.92. The van der Waals surface area contributed by atoms with Crippen molar-refractivity contribution in [2.75, 3.05) is 19.6 Å². The maximum Gasteiger partial charge on any atom is 0.234 e. The third kappa shape index (κ3) is 4.16. The molecule has 0 saturated carbocycles. The topological polar surface area (TPSA) is 49.4 Å². The van der Waals surface area contributed by atoms with Gasteiger partial charge >= 0.3 is 0 Å². The van der Waals surface area contributed by atoms with E-state index in [1.165, 1.54) is 5.41 Å². The van der Waals surface area contributed by atoms with Crippen LogP contribution in [0.1, 0.15) is 19.4 Å². The minimum absolute atomic E-state index is 0.000346. The van der Waals surface area contributed by atoms with Crippen LogP contribution in [0.4, 0.5) is 0 Å². The van der Waals surface area contributed by atoms with Crippen molar-refractivity contribution < 1.29 is 8.42 Å². The normalized spacial score (nSPS) is 24.5. The first kappa shape index (κ1) is 15.2. The van der Waals surface area contributed by atoms with Crippen molar-refractivity contribution >= 4 is 16.1 Å². The Bertz CT molecular complexity index is 554. The van der Waals surface area contributed by atoms with Gasteiger partial charge in [-0.3, -0.25) is 0 Å². The quantitative estimate of drug-likeness (QED) is 0.902. The molecule has 0 bridgehead atoms. The molecule has 1 aliphatic rings. The number of rotatable bonds is 5. The lowest BCUT2D eigenvalue weighted by atomic mass is 10.1. The monoisotopic (exact) mass is 294 g/mol. The molecule has 2 unspecified atom stereocenters. The lowest BCUT2D eigenvalue weighted by molar-refractivity contribution is 0.344. The fraction of sp³-hybridized carbons (Fsp3) is 0.467. The minimum atomic E-state index is -3.38. The molecule has 1 fully saturated rings. The number of hydrogen-bond donors (Lipinski definition) is 1. The second-order valence-electron chi connectivity index (χ2n) is 5.31. The SMILES string of the molecule is CCN1CC(C)C(NS(=O)(=O)/C=C/c2ccccc2)C1. The van der Waals surface area contributed by atoms with E-state index < -0.39 is 10.0 Å². The van der Waals surface area contributed by atoms with Crippen LogP contribution in [0.3, 0.4) is 0 Å². The van der Waals surface area contributed by atoms with Gasteiger partial charge in [-0.1, -0.05) is 44.2 Å². The number of hydrogen-bond acceptors (Lipinski definition) is 3. The van der Waals surface area contributed by atoms with E-state index in [9.17, 15) is 8.42 Å². The van der Waals surface area contributed by atoms with Gasteiger partial charge in [0.05, 0.1) is 0 Å². The summed E-state index contributed by atoms with van der Waals surface area (Å²) in [4.78, 5) is 2.26. The Morgan fingerprint density at radius 1 is 1.30 bits per heavy atom. The zero-order valence-electron chi connectivity index (χ0n) is 12.0. The zero-order valence-corrected chi connectivity index (χ0v) is 12.8. The van der Waals surface area contributed by atoms with Gasteiger partial charge in [-0.2, -0.15) is 0 Å². The molecule has 20 heavy (non-hydrogen) atoms. The van der Waals surface area contributed by atoms with Crippen LogP contribution in [0.2, 0.25) is 0 Å². The molecular weight excluding hydrogens is 272 g/mol. The van der Waals surface area contributed by atoms with Gasteiger partial charge in [0.15, 0.2) is 0 Å². The van der Waals surface area contributed by atoms with Gasteiger partial charge in [0, 0.05) is 24.5 Å². The number of likely N-dealkylation sites (tertiary alicyclic amines) is 1. The molecule has 1 aromatic carbocycles. The molecule has 0 aromatic heterocycles. The van der Waals surface area contributed by atoms with E-state index >= 15 is 0 Å². The highest BCUT2D eigenvalue weighted by atomic mass is 32.2. The molecule has 2 atom stereocenters. The van der Waals surface area contributed by atoms with Crippen molar-refractivity contribution in [3.05, 3.63) is 41.3 Å². The molecule has 5 heteroatoms. The maximum absolute atomic E-state index is 12.1. The molecule has 1 heterocycles. The number of benzene rings is 1. The van der Waals surface area contributed by atoms with Crippen LogP contribution in [-0.4, -0.2) is 39.0 Å². The van der Waals surface area contributed by atoms with Crippen LogP contribution in [0, 0.1) is 5.92 Å². The summed E-state index contributed by atoms with van der Waals surface area (Å²) < 4.78 is 27.0. The Hall–Kier alpha value is -1.17. The highest BCUT2D eigenvalue weighted by Gasteiger charge is 2.30. The van der Waals surface area contributed by atoms with E-state index in [4.69, 9.17) is 0 Å². The van der Waals surface area contributed by atoms with E-state index in [-0.39, 0.29) is 6.04 Å². The molecule has 1 aliphatic heterocycles. The van der Waals surface area contributed by atoms with E-state index in [1.807, 2.05) is 30.3 Å². The summed E-state index contributed by atoms with van der Waals surface area (Å²) in [5.74, 6) is 0.342. The van der Waals surface area contributed by atoms with E-state index in [2.05, 4.69) is 23.5 Å². The molecule has 0 amide bonds. The summed E-state index contributed by atoms with van der Waals surface area (Å²) in [7, 11) is -3.38. The number of nitrogens with zero attached hydrogens (tertiary/aromatic N) is 1. The third-order valence-corrected chi connectivity index (χ3v) is 4.82. The fourth-order valence-electron chi connectivity index (χ4n) is 2.46. The summed E-state index contributed by atoms with van der Waals surface area (Å²) >= 11 is 0. The lowest BCUT2D eigenvalue weighted by Crippen LogP contribution is -2.38. The van der Waals surface area contributed by atoms with E-state index in [0.717, 1.165) is 25.2 Å². The number of likely N-dealkylation sites (N-methyl/N-ethyl adjacent to an activating group) is 1. The summed E-state index contributed by atoms with van der Waals surface area (Å²) in [6.07, 6.45) is 1.62. The van der Waals surface area contributed by atoms with Gasteiger partial charge in [-0.15, -0.1) is 0 Å². The smallest absolute Gasteiger partial charge is 0.234 e. The van der Waals surface area contributed by atoms with Gasteiger partial charge in [-0.05, 0) is 24.1 Å². The van der Waals surface area contributed by atoms with Crippen molar-refractivity contribution in [3.8, 4) is 0 Å². The molecule has 0 aliphatic carbocycles. The van der Waals surface area contributed by atoms with Gasteiger partial charge in [0.1, 0.15) is 0 Å². The Labute approximate surface area is 121 Å². The summed E-state index contributed by atoms with van der Waals surface area (Å²) in [5, 5.41) is 1.25.